The first kappa shape index (κ1) is 26.1. The van der Waals surface area contributed by atoms with Crippen LogP contribution in [0.5, 0.6) is 5.75 Å². The third-order valence-corrected chi connectivity index (χ3v) is 7.12. The number of carbonyl (C=O) groups is 1. The average Bonchev–Trinajstić information content (AvgIpc) is 2.96. The molecule has 0 saturated heterocycles. The summed E-state index contributed by atoms with van der Waals surface area (Å²) in [6, 6.07) is 13.0. The van der Waals surface area contributed by atoms with Gasteiger partial charge >= 0.3 is 0 Å². The molecule has 3 atom stereocenters. The van der Waals surface area contributed by atoms with Crippen LogP contribution >= 0.6 is 23.2 Å². The minimum Gasteiger partial charge on any atom is -0.476 e. The van der Waals surface area contributed by atoms with E-state index in [1.54, 1.807) is 32.0 Å². The van der Waals surface area contributed by atoms with Gasteiger partial charge in [0.1, 0.15) is 5.75 Å². The summed E-state index contributed by atoms with van der Waals surface area (Å²) in [5, 5.41) is 4.10. The van der Waals surface area contributed by atoms with Crippen molar-refractivity contribution in [1.82, 2.24) is 5.32 Å². The number of nitrogens with one attached hydrogen (secondary N) is 1. The number of hydrogen-bond donors (Lipinski definition) is 2. The van der Waals surface area contributed by atoms with Crippen LogP contribution in [-0.4, -0.2) is 23.3 Å². The Hall–Kier alpha value is -2.50. The van der Waals surface area contributed by atoms with E-state index in [9.17, 15) is 4.79 Å². The van der Waals surface area contributed by atoms with Crippen LogP contribution < -0.4 is 15.8 Å². The summed E-state index contributed by atoms with van der Waals surface area (Å²) >= 11 is 12.2. The van der Waals surface area contributed by atoms with Gasteiger partial charge in [-0.05, 0) is 68.0 Å². The molecular formula is C27H33Cl2N3O2. The van der Waals surface area contributed by atoms with Crippen LogP contribution in [-0.2, 0) is 11.3 Å². The SMILES string of the molecule is C.C=C(N)c1cccc(CN=C2CC(NC(=O)C(C)(C)Oc3ccc(Cl)cc3Cl)C3CCC23)c1. The number of carbonyl (C=O) groups excluding carboxylic acids is 1. The predicted octanol–water partition coefficient (Wildman–Crippen LogP) is 6.27. The quantitative estimate of drug-likeness (QED) is 0.468. The van der Waals surface area contributed by atoms with Gasteiger partial charge in [0.15, 0.2) is 5.60 Å². The fourth-order valence-corrected chi connectivity index (χ4v) is 5.02. The van der Waals surface area contributed by atoms with Crippen molar-refractivity contribution in [3.63, 3.8) is 0 Å². The van der Waals surface area contributed by atoms with Crippen molar-refractivity contribution in [3.8, 4) is 5.75 Å². The lowest BCUT2D eigenvalue weighted by molar-refractivity contribution is -0.135. The van der Waals surface area contributed by atoms with E-state index in [1.807, 2.05) is 24.3 Å². The van der Waals surface area contributed by atoms with E-state index < -0.39 is 5.60 Å². The molecule has 3 unspecified atom stereocenters. The fraction of sp³-hybridized carbons (Fsp3) is 0.407. The number of aliphatic imine (C=N–C) groups is 1. The Kier molecular flexibility index (Phi) is 7.99. The third kappa shape index (κ3) is 5.59. The van der Waals surface area contributed by atoms with Gasteiger partial charge in [-0.3, -0.25) is 9.79 Å². The molecule has 0 aromatic heterocycles. The van der Waals surface area contributed by atoms with E-state index in [1.165, 1.54) is 5.71 Å². The normalized spacial score (nSPS) is 22.4. The second-order valence-electron chi connectivity index (χ2n) is 9.35. The van der Waals surface area contributed by atoms with E-state index in [-0.39, 0.29) is 19.4 Å². The van der Waals surface area contributed by atoms with Gasteiger partial charge in [0, 0.05) is 34.8 Å². The Morgan fingerprint density at radius 2 is 2.00 bits per heavy atom. The lowest BCUT2D eigenvalue weighted by Crippen LogP contribution is -2.52. The van der Waals surface area contributed by atoms with Crippen LogP contribution in [0.2, 0.25) is 10.0 Å². The second kappa shape index (κ2) is 10.4. The van der Waals surface area contributed by atoms with Crippen LogP contribution in [0.4, 0.5) is 0 Å². The zero-order valence-corrected chi connectivity index (χ0v) is 20.4. The first-order chi connectivity index (χ1) is 15.6. The molecule has 182 valence electrons. The highest BCUT2D eigenvalue weighted by molar-refractivity contribution is 6.35. The monoisotopic (exact) mass is 501 g/mol. The topological polar surface area (TPSA) is 76.7 Å². The Balaban J connectivity index is 0.00000324. The fourth-order valence-electron chi connectivity index (χ4n) is 4.57. The third-order valence-electron chi connectivity index (χ3n) is 6.59. The maximum absolute atomic E-state index is 13.1. The molecular weight excluding hydrogens is 469 g/mol. The van der Waals surface area contributed by atoms with E-state index in [0.29, 0.717) is 39.9 Å². The Bertz CT molecular complexity index is 1110. The Morgan fingerprint density at radius 1 is 1.24 bits per heavy atom. The van der Waals surface area contributed by atoms with Crippen molar-refractivity contribution >= 4 is 40.5 Å². The summed E-state index contributed by atoms with van der Waals surface area (Å²) in [6.45, 7) is 7.89. The van der Waals surface area contributed by atoms with Crippen LogP contribution in [0.1, 0.15) is 51.7 Å². The molecule has 2 aromatic rings. The summed E-state index contributed by atoms with van der Waals surface area (Å²) in [4.78, 5) is 18.0. The van der Waals surface area contributed by atoms with Crippen LogP contribution in [0.25, 0.3) is 5.70 Å². The smallest absolute Gasteiger partial charge is 0.263 e. The molecule has 0 aliphatic heterocycles. The maximum Gasteiger partial charge on any atom is 0.263 e. The minimum atomic E-state index is -1.08. The highest BCUT2D eigenvalue weighted by Gasteiger charge is 2.48. The summed E-state index contributed by atoms with van der Waals surface area (Å²) in [5.41, 5.74) is 8.50. The molecule has 3 N–H and O–H groups in total. The summed E-state index contributed by atoms with van der Waals surface area (Å²) < 4.78 is 5.95. The standard InChI is InChI=1S/C26H29Cl2N3O2.CH4/c1-15(29)17-6-4-5-16(11-17)14-30-22-13-23(20-9-8-19(20)22)31-25(32)26(2,3)33-24-10-7-18(27)12-21(24)28;/h4-7,10-12,19-20,23H,1,8-9,13-14,29H2,2-3H3,(H,31,32);1H4. The molecule has 0 bridgehead atoms. The summed E-state index contributed by atoms with van der Waals surface area (Å²) in [6.07, 6.45) is 2.99. The number of nitrogens with two attached hydrogens (primary N) is 1. The van der Waals surface area contributed by atoms with E-state index in [4.69, 9.17) is 38.7 Å². The molecule has 1 amide bonds. The van der Waals surface area contributed by atoms with Gasteiger partial charge in [0.25, 0.3) is 5.91 Å². The number of halogens is 2. The molecule has 7 heteroatoms. The molecule has 0 heterocycles. The van der Waals surface area contributed by atoms with Gasteiger partial charge in [-0.15, -0.1) is 0 Å². The number of fused-ring (bicyclic) bond motifs is 1. The molecule has 2 aliphatic carbocycles. The average molecular weight is 502 g/mol. The van der Waals surface area contributed by atoms with Crippen LogP contribution in [0, 0.1) is 11.8 Å². The Morgan fingerprint density at radius 3 is 2.65 bits per heavy atom. The van der Waals surface area contributed by atoms with Gasteiger partial charge < -0.3 is 15.8 Å². The highest BCUT2D eigenvalue weighted by Crippen LogP contribution is 2.45. The molecule has 34 heavy (non-hydrogen) atoms. The first-order valence-corrected chi connectivity index (χ1v) is 11.9. The number of nitrogens with zero attached hydrogens (tertiary/aromatic N) is 1. The van der Waals surface area contributed by atoms with E-state index in [0.717, 1.165) is 30.4 Å². The van der Waals surface area contributed by atoms with Crippen molar-refractivity contribution in [2.24, 2.45) is 22.6 Å². The zero-order valence-electron chi connectivity index (χ0n) is 18.9. The molecule has 5 nitrogen and oxygen atoms in total. The number of hydrogen-bond acceptors (Lipinski definition) is 4. The largest absolute Gasteiger partial charge is 0.476 e. The van der Waals surface area contributed by atoms with Gasteiger partial charge in [-0.1, -0.05) is 55.4 Å². The predicted molar refractivity (Wildman–Crippen MR) is 141 cm³/mol. The molecule has 2 fully saturated rings. The van der Waals surface area contributed by atoms with Crippen molar-refractivity contribution in [1.29, 1.82) is 0 Å². The summed E-state index contributed by atoms with van der Waals surface area (Å²) in [7, 11) is 0. The molecule has 4 rings (SSSR count). The maximum atomic E-state index is 13.1. The van der Waals surface area contributed by atoms with E-state index >= 15 is 0 Å². The van der Waals surface area contributed by atoms with Crippen molar-refractivity contribution in [2.45, 2.75) is 58.7 Å². The molecule has 2 saturated carbocycles. The van der Waals surface area contributed by atoms with E-state index in [2.05, 4.69) is 11.9 Å². The number of amides is 1. The summed E-state index contributed by atoms with van der Waals surface area (Å²) in [5.74, 6) is 1.13. The second-order valence-corrected chi connectivity index (χ2v) is 10.2. The Labute approximate surface area is 212 Å². The van der Waals surface area contributed by atoms with Crippen molar-refractivity contribution in [2.75, 3.05) is 0 Å². The van der Waals surface area contributed by atoms with Gasteiger partial charge in [0.05, 0.1) is 11.6 Å². The number of ether oxygens (including phenoxy) is 1. The molecule has 0 radical (unpaired) electrons. The van der Waals surface area contributed by atoms with Crippen molar-refractivity contribution in [3.05, 3.63) is 70.2 Å². The first-order valence-electron chi connectivity index (χ1n) is 11.2. The molecule has 0 spiro atoms. The van der Waals surface area contributed by atoms with Crippen molar-refractivity contribution < 1.29 is 9.53 Å². The highest BCUT2D eigenvalue weighted by atomic mass is 35.5. The lowest BCUT2D eigenvalue weighted by atomic mass is 9.74. The zero-order chi connectivity index (χ0) is 23.8. The number of rotatable bonds is 7. The lowest BCUT2D eigenvalue weighted by Gasteiger charge is -2.35. The van der Waals surface area contributed by atoms with Gasteiger partial charge in [-0.25, -0.2) is 0 Å². The van der Waals surface area contributed by atoms with Gasteiger partial charge in [-0.2, -0.15) is 0 Å². The van der Waals surface area contributed by atoms with Gasteiger partial charge in [0.2, 0.25) is 0 Å². The number of benzene rings is 2. The molecule has 2 aliphatic rings. The molecule has 2 aromatic carbocycles. The van der Waals surface area contributed by atoms with Crippen LogP contribution in [0.15, 0.2) is 54.0 Å². The minimum absolute atomic E-state index is 0. The van der Waals surface area contributed by atoms with Crippen LogP contribution in [0.3, 0.4) is 0 Å².